The Bertz CT molecular complexity index is 598. The summed E-state index contributed by atoms with van der Waals surface area (Å²) in [6.45, 7) is 5.12. The number of nitrogens with one attached hydrogen (secondary N) is 1. The average molecular weight is 274 g/mol. The van der Waals surface area contributed by atoms with Crippen LogP contribution in [0.1, 0.15) is 19.4 Å². The molecule has 0 amide bonds. The van der Waals surface area contributed by atoms with E-state index in [9.17, 15) is 0 Å². The molecule has 0 fully saturated rings. The molecule has 108 valence electrons. The number of rotatable bonds is 5. The van der Waals surface area contributed by atoms with E-state index in [1.807, 2.05) is 18.2 Å². The molecule has 1 heterocycles. The zero-order valence-corrected chi connectivity index (χ0v) is 12.5. The maximum atomic E-state index is 5.60. The first-order valence-corrected chi connectivity index (χ1v) is 6.69. The van der Waals surface area contributed by atoms with E-state index >= 15 is 0 Å². The fraction of sp³-hybridized carbons (Fsp3) is 0.400. The van der Waals surface area contributed by atoms with E-state index in [1.165, 1.54) is 0 Å². The first kappa shape index (κ1) is 14.6. The minimum atomic E-state index is 0.465. The van der Waals surface area contributed by atoms with Gasteiger partial charge in [0.2, 0.25) is 0 Å². The van der Waals surface area contributed by atoms with Gasteiger partial charge < -0.3 is 10.2 Å². The van der Waals surface area contributed by atoms with E-state index in [0.717, 1.165) is 28.8 Å². The van der Waals surface area contributed by atoms with Gasteiger partial charge in [0.05, 0.1) is 12.6 Å². The van der Waals surface area contributed by atoms with Gasteiger partial charge in [-0.05, 0) is 39.1 Å². The van der Waals surface area contributed by atoms with Gasteiger partial charge in [0.25, 0.3) is 0 Å². The van der Waals surface area contributed by atoms with Crippen molar-refractivity contribution >= 4 is 16.7 Å². The van der Waals surface area contributed by atoms with Crippen LogP contribution in [0.2, 0.25) is 0 Å². The molecule has 0 saturated heterocycles. The number of nitrogen functional groups attached to an aromatic ring is 1. The number of ether oxygens (including phenoxy) is 1. The van der Waals surface area contributed by atoms with Gasteiger partial charge in [-0.3, -0.25) is 4.90 Å². The molecule has 0 aliphatic carbocycles. The van der Waals surface area contributed by atoms with Crippen molar-refractivity contribution in [1.29, 1.82) is 0 Å². The van der Waals surface area contributed by atoms with Crippen molar-refractivity contribution in [3.63, 3.8) is 0 Å². The number of nitrogens with two attached hydrogens (primary N) is 1. The quantitative estimate of drug-likeness (QED) is 0.647. The van der Waals surface area contributed by atoms with Crippen molar-refractivity contribution in [2.75, 3.05) is 19.6 Å². The Balaban J connectivity index is 2.44. The molecule has 3 N–H and O–H groups in total. The Hall–Kier alpha value is -1.85. The highest BCUT2D eigenvalue weighted by molar-refractivity contribution is 5.83. The first-order valence-electron chi connectivity index (χ1n) is 6.69. The number of aromatic nitrogens is 1. The summed E-state index contributed by atoms with van der Waals surface area (Å²) < 4.78 is 5.22. The normalized spacial score (nSPS) is 11.3. The Morgan fingerprint density at radius 1 is 1.35 bits per heavy atom. The Morgan fingerprint density at radius 2 is 2.10 bits per heavy atom. The number of pyridine rings is 1. The van der Waals surface area contributed by atoms with E-state index in [4.69, 9.17) is 10.6 Å². The summed E-state index contributed by atoms with van der Waals surface area (Å²) >= 11 is 0. The topological polar surface area (TPSA) is 63.4 Å². The fourth-order valence-electron chi connectivity index (χ4n) is 2.01. The standard InChI is InChI=1S/C15H22N4O/c1-10(2)19(3)9-12-7-11-5-6-13(20-4)8-14(11)17-15(12)18-16/h5-8,10H,9,16H2,1-4H3,(H,17,18). The zero-order chi connectivity index (χ0) is 14.7. The minimum Gasteiger partial charge on any atom is -0.497 e. The molecular formula is C15H22N4O. The Labute approximate surface area is 119 Å². The number of hydrogen-bond donors (Lipinski definition) is 2. The molecule has 5 heteroatoms. The van der Waals surface area contributed by atoms with Gasteiger partial charge in [-0.15, -0.1) is 0 Å². The summed E-state index contributed by atoms with van der Waals surface area (Å²) in [7, 11) is 3.73. The van der Waals surface area contributed by atoms with Crippen molar-refractivity contribution in [3.05, 3.63) is 29.8 Å². The highest BCUT2D eigenvalue weighted by atomic mass is 16.5. The van der Waals surface area contributed by atoms with E-state index in [-0.39, 0.29) is 0 Å². The molecule has 0 radical (unpaired) electrons. The molecule has 0 aliphatic heterocycles. The molecule has 0 bridgehead atoms. The zero-order valence-electron chi connectivity index (χ0n) is 12.5. The number of benzene rings is 1. The van der Waals surface area contributed by atoms with E-state index in [1.54, 1.807) is 7.11 Å². The predicted molar refractivity (Wildman–Crippen MR) is 82.7 cm³/mol. The van der Waals surface area contributed by atoms with E-state index < -0.39 is 0 Å². The number of hydrogen-bond acceptors (Lipinski definition) is 5. The number of methoxy groups -OCH3 is 1. The van der Waals surface area contributed by atoms with Crippen molar-refractivity contribution in [2.45, 2.75) is 26.4 Å². The van der Waals surface area contributed by atoms with E-state index in [2.05, 4.69) is 42.3 Å². The number of hydrazine groups is 1. The van der Waals surface area contributed by atoms with E-state index in [0.29, 0.717) is 11.9 Å². The lowest BCUT2D eigenvalue weighted by molar-refractivity contribution is 0.266. The molecule has 1 aromatic carbocycles. The lowest BCUT2D eigenvalue weighted by Crippen LogP contribution is -2.26. The SMILES string of the molecule is COc1ccc2cc(CN(C)C(C)C)c(NN)nc2c1. The molecule has 0 spiro atoms. The summed E-state index contributed by atoms with van der Waals surface area (Å²) in [6, 6.07) is 8.45. The minimum absolute atomic E-state index is 0.465. The Morgan fingerprint density at radius 3 is 2.70 bits per heavy atom. The molecule has 0 saturated carbocycles. The van der Waals surface area contributed by atoms with Crippen molar-refractivity contribution in [2.24, 2.45) is 5.84 Å². The maximum Gasteiger partial charge on any atom is 0.145 e. The van der Waals surface area contributed by atoms with Crippen molar-refractivity contribution in [1.82, 2.24) is 9.88 Å². The maximum absolute atomic E-state index is 5.60. The third kappa shape index (κ3) is 3.00. The molecule has 1 aromatic heterocycles. The summed E-state index contributed by atoms with van der Waals surface area (Å²) in [4.78, 5) is 6.82. The van der Waals surface area contributed by atoms with Crippen molar-refractivity contribution < 1.29 is 4.74 Å². The van der Waals surface area contributed by atoms with Gasteiger partial charge >= 0.3 is 0 Å². The largest absolute Gasteiger partial charge is 0.497 e. The van der Waals surface area contributed by atoms with Crippen LogP contribution >= 0.6 is 0 Å². The summed E-state index contributed by atoms with van der Waals surface area (Å²) in [6.07, 6.45) is 0. The predicted octanol–water partition coefficient (Wildman–Crippen LogP) is 2.37. The lowest BCUT2D eigenvalue weighted by Gasteiger charge is -2.22. The van der Waals surface area contributed by atoms with Crippen LogP contribution in [0.15, 0.2) is 24.3 Å². The van der Waals surface area contributed by atoms with Gasteiger partial charge in [-0.2, -0.15) is 0 Å². The molecule has 0 atom stereocenters. The number of fused-ring (bicyclic) bond motifs is 1. The molecule has 20 heavy (non-hydrogen) atoms. The molecule has 2 rings (SSSR count). The van der Waals surface area contributed by atoms with Gasteiger partial charge in [0.15, 0.2) is 0 Å². The van der Waals surface area contributed by atoms with Gasteiger partial charge in [0, 0.05) is 29.6 Å². The molecule has 5 nitrogen and oxygen atoms in total. The summed E-state index contributed by atoms with van der Waals surface area (Å²) in [5, 5.41) is 1.08. The van der Waals surface area contributed by atoms with Gasteiger partial charge in [0.1, 0.15) is 11.6 Å². The van der Waals surface area contributed by atoms with Crippen LogP contribution in [0.25, 0.3) is 10.9 Å². The second-order valence-electron chi connectivity index (χ2n) is 5.21. The van der Waals surface area contributed by atoms with Crippen molar-refractivity contribution in [3.8, 4) is 5.75 Å². The lowest BCUT2D eigenvalue weighted by atomic mass is 10.1. The monoisotopic (exact) mass is 274 g/mol. The number of nitrogens with zero attached hydrogens (tertiary/aromatic N) is 2. The van der Waals surface area contributed by atoms with Crippen LogP contribution in [0, 0.1) is 0 Å². The first-order chi connectivity index (χ1) is 9.55. The van der Waals surface area contributed by atoms with Crippen LogP contribution < -0.4 is 16.0 Å². The van der Waals surface area contributed by atoms with Crippen LogP contribution in [0.5, 0.6) is 5.75 Å². The van der Waals surface area contributed by atoms with Crippen LogP contribution in [-0.2, 0) is 6.54 Å². The smallest absolute Gasteiger partial charge is 0.145 e. The Kier molecular flexibility index (Phi) is 4.42. The van der Waals surface area contributed by atoms with Gasteiger partial charge in [-0.25, -0.2) is 10.8 Å². The number of anilines is 1. The fourth-order valence-corrected chi connectivity index (χ4v) is 2.01. The highest BCUT2D eigenvalue weighted by Gasteiger charge is 2.11. The van der Waals surface area contributed by atoms with Gasteiger partial charge in [-0.1, -0.05) is 0 Å². The van der Waals surface area contributed by atoms with Crippen LogP contribution in [-0.4, -0.2) is 30.1 Å². The molecule has 0 unspecified atom stereocenters. The van der Waals surface area contributed by atoms with Crippen LogP contribution in [0.3, 0.4) is 0 Å². The molecular weight excluding hydrogens is 252 g/mol. The van der Waals surface area contributed by atoms with Crippen LogP contribution in [0.4, 0.5) is 5.82 Å². The molecule has 0 aliphatic rings. The summed E-state index contributed by atoms with van der Waals surface area (Å²) in [5.74, 6) is 7.10. The third-order valence-electron chi connectivity index (χ3n) is 3.54. The second-order valence-corrected chi connectivity index (χ2v) is 5.21. The third-order valence-corrected chi connectivity index (χ3v) is 3.54. The second kappa shape index (κ2) is 6.07. The average Bonchev–Trinajstić information content (AvgIpc) is 2.45. The molecule has 2 aromatic rings. The highest BCUT2D eigenvalue weighted by Crippen LogP contribution is 2.24. The summed E-state index contributed by atoms with van der Waals surface area (Å²) in [5.41, 5.74) is 4.64.